The summed E-state index contributed by atoms with van der Waals surface area (Å²) in [6.45, 7) is 6.86. The summed E-state index contributed by atoms with van der Waals surface area (Å²) in [7, 11) is 0. The Morgan fingerprint density at radius 2 is 1.75 bits per heavy atom. The molecule has 0 saturated carbocycles. The van der Waals surface area contributed by atoms with Crippen LogP contribution in [0.15, 0.2) is 18.2 Å². The third-order valence-corrected chi connectivity index (χ3v) is 3.55. The van der Waals surface area contributed by atoms with Gasteiger partial charge in [0.25, 0.3) is 0 Å². The van der Waals surface area contributed by atoms with Crippen molar-refractivity contribution < 1.29 is 9.47 Å². The highest BCUT2D eigenvalue weighted by Gasteiger charge is 2.11. The van der Waals surface area contributed by atoms with Crippen molar-refractivity contribution in [3.8, 4) is 11.5 Å². The number of benzene rings is 1. The normalized spacial score (nSPS) is 13.8. The average Bonchev–Trinajstić information content (AvgIpc) is 2.46. The van der Waals surface area contributed by atoms with Crippen LogP contribution in [0.1, 0.15) is 45.1 Å². The monoisotopic (exact) mass is 277 g/mol. The zero-order valence-corrected chi connectivity index (χ0v) is 12.8. The van der Waals surface area contributed by atoms with Gasteiger partial charge < -0.3 is 14.8 Å². The molecule has 1 aromatic rings. The molecule has 3 nitrogen and oxygen atoms in total. The standard InChI is InChI=1S/C17H27NO2/c1-14(2)18-10-6-4-3-5-7-15-8-9-16-17(13-15)20-12-11-19-16/h8-9,13-14,18H,3-7,10-12H2,1-2H3. The molecule has 0 unspecified atom stereocenters. The SMILES string of the molecule is CC(C)NCCCCCCc1ccc2c(c1)OCCO2. The third kappa shape index (κ3) is 5.04. The lowest BCUT2D eigenvalue weighted by Crippen LogP contribution is -2.23. The summed E-state index contributed by atoms with van der Waals surface area (Å²) in [6, 6.07) is 6.94. The second-order valence-corrected chi connectivity index (χ2v) is 5.75. The molecule has 112 valence electrons. The van der Waals surface area contributed by atoms with Gasteiger partial charge in [0.2, 0.25) is 0 Å². The lowest BCUT2D eigenvalue weighted by Gasteiger charge is -2.18. The predicted octanol–water partition coefficient (Wildman–Crippen LogP) is 3.56. The van der Waals surface area contributed by atoms with Crippen molar-refractivity contribution in [3.63, 3.8) is 0 Å². The van der Waals surface area contributed by atoms with Crippen LogP contribution in [0.25, 0.3) is 0 Å². The van der Waals surface area contributed by atoms with Gasteiger partial charge in [-0.05, 0) is 43.5 Å². The van der Waals surface area contributed by atoms with Crippen LogP contribution in [-0.4, -0.2) is 25.8 Å². The highest BCUT2D eigenvalue weighted by molar-refractivity contribution is 5.43. The number of ether oxygens (including phenoxy) is 2. The molecule has 1 heterocycles. The number of hydrogen-bond acceptors (Lipinski definition) is 3. The van der Waals surface area contributed by atoms with Crippen LogP contribution in [0.5, 0.6) is 11.5 Å². The van der Waals surface area contributed by atoms with Crippen LogP contribution < -0.4 is 14.8 Å². The van der Waals surface area contributed by atoms with Gasteiger partial charge in [0.1, 0.15) is 13.2 Å². The first kappa shape index (κ1) is 15.2. The fourth-order valence-electron chi connectivity index (χ4n) is 2.44. The Morgan fingerprint density at radius 1 is 1.00 bits per heavy atom. The minimum absolute atomic E-state index is 0.604. The Balaban J connectivity index is 1.62. The number of aryl methyl sites for hydroxylation is 1. The highest BCUT2D eigenvalue weighted by atomic mass is 16.6. The van der Waals surface area contributed by atoms with Crippen LogP contribution in [0.2, 0.25) is 0 Å². The zero-order chi connectivity index (χ0) is 14.2. The van der Waals surface area contributed by atoms with Crippen molar-refractivity contribution >= 4 is 0 Å². The van der Waals surface area contributed by atoms with Gasteiger partial charge in [-0.25, -0.2) is 0 Å². The molecule has 0 bridgehead atoms. The average molecular weight is 277 g/mol. The van der Waals surface area contributed by atoms with E-state index in [9.17, 15) is 0 Å². The van der Waals surface area contributed by atoms with Gasteiger partial charge in [0.05, 0.1) is 0 Å². The number of rotatable bonds is 8. The molecular weight excluding hydrogens is 250 g/mol. The maximum Gasteiger partial charge on any atom is 0.161 e. The fraction of sp³-hybridized carbons (Fsp3) is 0.647. The molecule has 3 heteroatoms. The zero-order valence-electron chi connectivity index (χ0n) is 12.8. The Labute approximate surface area is 122 Å². The first-order valence-corrected chi connectivity index (χ1v) is 7.87. The molecule has 1 aliphatic rings. The lowest BCUT2D eigenvalue weighted by atomic mass is 10.1. The minimum Gasteiger partial charge on any atom is -0.486 e. The lowest BCUT2D eigenvalue weighted by molar-refractivity contribution is 0.171. The minimum atomic E-state index is 0.604. The van der Waals surface area contributed by atoms with E-state index in [1.54, 1.807) is 0 Å². The molecule has 1 N–H and O–H groups in total. The van der Waals surface area contributed by atoms with Crippen molar-refractivity contribution in [2.24, 2.45) is 0 Å². The smallest absolute Gasteiger partial charge is 0.161 e. The second-order valence-electron chi connectivity index (χ2n) is 5.75. The summed E-state index contributed by atoms with van der Waals surface area (Å²) >= 11 is 0. The molecule has 0 fully saturated rings. The van der Waals surface area contributed by atoms with E-state index in [0.717, 1.165) is 24.5 Å². The van der Waals surface area contributed by atoms with Crippen molar-refractivity contribution in [3.05, 3.63) is 23.8 Å². The van der Waals surface area contributed by atoms with E-state index in [0.29, 0.717) is 19.3 Å². The Morgan fingerprint density at radius 3 is 2.55 bits per heavy atom. The van der Waals surface area contributed by atoms with Gasteiger partial charge >= 0.3 is 0 Å². The molecule has 0 atom stereocenters. The molecule has 0 aromatic heterocycles. The van der Waals surface area contributed by atoms with E-state index >= 15 is 0 Å². The predicted molar refractivity (Wildman–Crippen MR) is 82.7 cm³/mol. The van der Waals surface area contributed by atoms with Gasteiger partial charge in [-0.1, -0.05) is 32.8 Å². The quantitative estimate of drug-likeness (QED) is 0.737. The number of unbranched alkanes of at least 4 members (excludes halogenated alkanes) is 3. The van der Waals surface area contributed by atoms with Crippen LogP contribution in [0.4, 0.5) is 0 Å². The Kier molecular flexibility index (Phi) is 6.19. The van der Waals surface area contributed by atoms with Crippen LogP contribution in [0, 0.1) is 0 Å². The molecule has 2 rings (SSSR count). The molecule has 0 spiro atoms. The van der Waals surface area contributed by atoms with Crippen molar-refractivity contribution in [1.82, 2.24) is 5.32 Å². The summed E-state index contributed by atoms with van der Waals surface area (Å²) in [6.07, 6.45) is 6.27. The van der Waals surface area contributed by atoms with Crippen molar-refractivity contribution in [2.45, 2.75) is 52.0 Å². The topological polar surface area (TPSA) is 30.5 Å². The van der Waals surface area contributed by atoms with Gasteiger partial charge in [-0.2, -0.15) is 0 Å². The Bertz CT molecular complexity index is 404. The fourth-order valence-corrected chi connectivity index (χ4v) is 2.44. The summed E-state index contributed by atoms with van der Waals surface area (Å²) in [4.78, 5) is 0. The van der Waals surface area contributed by atoms with E-state index in [1.165, 1.54) is 31.2 Å². The van der Waals surface area contributed by atoms with Gasteiger partial charge in [-0.15, -0.1) is 0 Å². The van der Waals surface area contributed by atoms with Crippen molar-refractivity contribution in [2.75, 3.05) is 19.8 Å². The first-order valence-electron chi connectivity index (χ1n) is 7.87. The molecule has 0 radical (unpaired) electrons. The van der Waals surface area contributed by atoms with E-state index in [-0.39, 0.29) is 0 Å². The molecule has 20 heavy (non-hydrogen) atoms. The van der Waals surface area contributed by atoms with Gasteiger partial charge in [-0.3, -0.25) is 0 Å². The van der Waals surface area contributed by atoms with Gasteiger partial charge in [0.15, 0.2) is 11.5 Å². The van der Waals surface area contributed by atoms with Crippen LogP contribution in [0.3, 0.4) is 0 Å². The summed E-state index contributed by atoms with van der Waals surface area (Å²) < 4.78 is 11.1. The van der Waals surface area contributed by atoms with E-state index < -0.39 is 0 Å². The maximum atomic E-state index is 5.61. The molecular formula is C17H27NO2. The molecule has 1 aliphatic heterocycles. The van der Waals surface area contributed by atoms with E-state index in [4.69, 9.17) is 9.47 Å². The number of nitrogens with one attached hydrogen (secondary N) is 1. The van der Waals surface area contributed by atoms with E-state index in [2.05, 4.69) is 31.3 Å². The van der Waals surface area contributed by atoms with Crippen LogP contribution in [-0.2, 0) is 6.42 Å². The number of hydrogen-bond donors (Lipinski definition) is 1. The highest BCUT2D eigenvalue weighted by Crippen LogP contribution is 2.31. The summed E-state index contributed by atoms with van der Waals surface area (Å²) in [5.41, 5.74) is 1.36. The van der Waals surface area contributed by atoms with Crippen LogP contribution >= 0.6 is 0 Å². The van der Waals surface area contributed by atoms with E-state index in [1.807, 2.05) is 6.07 Å². The number of fused-ring (bicyclic) bond motifs is 1. The largest absolute Gasteiger partial charge is 0.486 e. The third-order valence-electron chi connectivity index (χ3n) is 3.55. The molecule has 1 aromatic carbocycles. The summed E-state index contributed by atoms with van der Waals surface area (Å²) in [5.74, 6) is 1.80. The first-order chi connectivity index (χ1) is 9.75. The maximum absolute atomic E-state index is 5.61. The molecule has 0 saturated heterocycles. The molecule has 0 aliphatic carbocycles. The Hall–Kier alpha value is -1.22. The van der Waals surface area contributed by atoms with Crippen molar-refractivity contribution in [1.29, 1.82) is 0 Å². The second kappa shape index (κ2) is 8.15. The summed E-state index contributed by atoms with van der Waals surface area (Å²) in [5, 5.41) is 3.46. The van der Waals surface area contributed by atoms with Gasteiger partial charge in [0, 0.05) is 6.04 Å². The molecule has 0 amide bonds.